The molecule has 7 heteroatoms. The number of unbranched alkanes of at least 4 members (excludes halogenated alkanes) is 15. The van der Waals surface area contributed by atoms with Gasteiger partial charge in [0.1, 0.15) is 19.3 Å². The highest BCUT2D eigenvalue weighted by atomic mass is 16.6. The van der Waals surface area contributed by atoms with Gasteiger partial charge < -0.3 is 24.8 Å². The molecule has 0 radical (unpaired) electrons. The molecule has 7 nitrogen and oxygen atoms in total. The van der Waals surface area contributed by atoms with Crippen molar-refractivity contribution in [3.63, 3.8) is 0 Å². The smallest absolute Gasteiger partial charge is 0.305 e. The maximum absolute atomic E-state index is 12.0. The van der Waals surface area contributed by atoms with Crippen LogP contribution in [0.3, 0.4) is 0 Å². The topological polar surface area (TPSA) is 113 Å². The van der Waals surface area contributed by atoms with Gasteiger partial charge in [-0.15, -0.1) is 0 Å². The molecule has 0 aromatic rings. The van der Waals surface area contributed by atoms with E-state index in [0.717, 1.165) is 51.4 Å². The number of carbonyl (C=O) groups is 2. The average molecular weight is 663 g/mol. The molecule has 47 heavy (non-hydrogen) atoms. The molecule has 0 rings (SSSR count). The van der Waals surface area contributed by atoms with E-state index in [0.29, 0.717) is 19.3 Å². The minimum absolute atomic E-state index is 0.137. The molecule has 0 aliphatic heterocycles. The summed E-state index contributed by atoms with van der Waals surface area (Å²) in [6.07, 6.45) is 36.6. The number of hydrogen-bond donors (Lipinski definition) is 3. The Bertz CT molecular complexity index is 832. The van der Waals surface area contributed by atoms with Gasteiger partial charge in [-0.05, 0) is 32.1 Å². The van der Waals surface area contributed by atoms with Gasteiger partial charge in [0, 0.05) is 12.8 Å². The Morgan fingerprint density at radius 3 is 1.36 bits per heavy atom. The Morgan fingerprint density at radius 2 is 0.894 bits per heavy atom. The molecule has 0 saturated heterocycles. The Kier molecular flexibility index (Phi) is 33.4. The third-order valence-corrected chi connectivity index (χ3v) is 8.03. The molecule has 0 heterocycles. The van der Waals surface area contributed by atoms with Crippen molar-refractivity contribution < 1.29 is 34.4 Å². The van der Waals surface area contributed by atoms with Crippen LogP contribution in [0.2, 0.25) is 0 Å². The molecule has 0 amide bonds. The van der Waals surface area contributed by atoms with Crippen molar-refractivity contribution in [3.05, 3.63) is 48.6 Å². The first-order valence-corrected chi connectivity index (χ1v) is 18.9. The predicted molar refractivity (Wildman–Crippen MR) is 194 cm³/mol. The number of rotatable bonds is 33. The molecule has 0 aliphatic rings. The van der Waals surface area contributed by atoms with Crippen LogP contribution in [0.5, 0.6) is 0 Å². The maximum atomic E-state index is 12.0. The van der Waals surface area contributed by atoms with Crippen molar-refractivity contribution in [3.8, 4) is 0 Å². The second-order valence-electron chi connectivity index (χ2n) is 12.8. The van der Waals surface area contributed by atoms with Gasteiger partial charge in [-0.25, -0.2) is 0 Å². The lowest BCUT2D eigenvalue weighted by molar-refractivity contribution is -0.152. The summed E-state index contributed by atoms with van der Waals surface area (Å²) in [5.41, 5.74) is 0. The lowest BCUT2D eigenvalue weighted by atomic mass is 10.0. The molecule has 0 saturated carbocycles. The molecule has 0 fully saturated rings. The number of ether oxygens (including phenoxy) is 2. The largest absolute Gasteiger partial charge is 0.463 e. The zero-order chi connectivity index (χ0) is 34.6. The average Bonchev–Trinajstić information content (AvgIpc) is 3.05. The van der Waals surface area contributed by atoms with Gasteiger partial charge in [0.2, 0.25) is 0 Å². The van der Waals surface area contributed by atoms with E-state index in [1.54, 1.807) is 12.2 Å². The number of aliphatic hydroxyl groups excluding tert-OH is 3. The zero-order valence-corrected chi connectivity index (χ0v) is 30.0. The first-order valence-electron chi connectivity index (χ1n) is 18.9. The fourth-order valence-corrected chi connectivity index (χ4v) is 5.06. The first kappa shape index (κ1) is 44.8. The van der Waals surface area contributed by atoms with Gasteiger partial charge >= 0.3 is 11.9 Å². The third kappa shape index (κ3) is 34.9. The van der Waals surface area contributed by atoms with Crippen molar-refractivity contribution in [2.24, 2.45) is 0 Å². The highest BCUT2D eigenvalue weighted by Crippen LogP contribution is 2.14. The van der Waals surface area contributed by atoms with Crippen LogP contribution in [0.4, 0.5) is 0 Å². The minimum atomic E-state index is -1.05. The SMILES string of the molecule is CCCCCCCCCCCCCCCCC(=O)OC[C@H](O)COC(=O)CCC[C@@H](O)/C=C/C=C\C/C=C\C=C\[C@@H](O)CCCCC. The third-order valence-electron chi connectivity index (χ3n) is 8.03. The fraction of sp³-hybridized carbons (Fsp3) is 0.750. The summed E-state index contributed by atoms with van der Waals surface area (Å²) in [6.45, 7) is 4.00. The summed E-state index contributed by atoms with van der Waals surface area (Å²) in [6, 6.07) is 0. The van der Waals surface area contributed by atoms with Crippen molar-refractivity contribution in [2.75, 3.05) is 13.2 Å². The van der Waals surface area contributed by atoms with E-state index in [4.69, 9.17) is 9.47 Å². The van der Waals surface area contributed by atoms with Crippen LogP contribution >= 0.6 is 0 Å². The molecule has 0 aliphatic carbocycles. The van der Waals surface area contributed by atoms with Crippen LogP contribution in [0, 0.1) is 0 Å². The van der Waals surface area contributed by atoms with Crippen molar-refractivity contribution in [2.45, 2.75) is 180 Å². The van der Waals surface area contributed by atoms with E-state index in [1.807, 2.05) is 36.5 Å². The highest BCUT2D eigenvalue weighted by molar-refractivity contribution is 5.69. The molecule has 3 N–H and O–H groups in total. The second-order valence-corrected chi connectivity index (χ2v) is 12.8. The lowest BCUT2D eigenvalue weighted by Gasteiger charge is -2.12. The maximum Gasteiger partial charge on any atom is 0.305 e. The van der Waals surface area contributed by atoms with E-state index >= 15 is 0 Å². The number of hydrogen-bond acceptors (Lipinski definition) is 7. The zero-order valence-electron chi connectivity index (χ0n) is 30.0. The molecule has 272 valence electrons. The standard InChI is InChI=1S/C40H70O7/c1-3-5-7-8-9-10-11-12-13-14-15-19-22-26-32-39(44)46-34-38(43)35-47-40(45)33-27-31-37(42)30-25-21-18-16-17-20-24-29-36(41)28-23-6-4-2/h17-18,20-21,24-25,29-30,36-38,41-43H,3-16,19,22-23,26-28,31-35H2,1-2H3/b20-17-,21-18-,29-24+,30-25+/t36-,37-,38-/m0/s1. The molecule has 0 unspecified atom stereocenters. The first-order chi connectivity index (χ1) is 22.9. The molecular formula is C40H70O7. The number of allylic oxidation sites excluding steroid dienone is 6. The quantitative estimate of drug-likeness (QED) is 0.0364. The molecule has 0 aromatic heterocycles. The molecule has 3 atom stereocenters. The van der Waals surface area contributed by atoms with Gasteiger partial charge in [-0.1, -0.05) is 165 Å². The lowest BCUT2D eigenvalue weighted by Crippen LogP contribution is -2.25. The summed E-state index contributed by atoms with van der Waals surface area (Å²) < 4.78 is 10.2. The van der Waals surface area contributed by atoms with Gasteiger partial charge in [0.25, 0.3) is 0 Å². The summed E-state index contributed by atoms with van der Waals surface area (Å²) in [4.78, 5) is 23.9. The summed E-state index contributed by atoms with van der Waals surface area (Å²) in [5.74, 6) is -0.785. The Morgan fingerprint density at radius 1 is 0.511 bits per heavy atom. The number of aliphatic hydroxyl groups is 3. The van der Waals surface area contributed by atoms with E-state index < -0.39 is 18.2 Å². The monoisotopic (exact) mass is 663 g/mol. The van der Waals surface area contributed by atoms with Crippen LogP contribution in [-0.2, 0) is 19.1 Å². The molecule has 0 aromatic carbocycles. The van der Waals surface area contributed by atoms with Gasteiger partial charge in [0.05, 0.1) is 12.2 Å². The van der Waals surface area contributed by atoms with Crippen LogP contribution in [0.15, 0.2) is 48.6 Å². The Hall–Kier alpha value is -2.22. The van der Waals surface area contributed by atoms with Gasteiger partial charge in [-0.2, -0.15) is 0 Å². The van der Waals surface area contributed by atoms with Crippen LogP contribution in [0.25, 0.3) is 0 Å². The Labute approximate surface area is 287 Å². The number of carbonyl (C=O) groups excluding carboxylic acids is 2. The van der Waals surface area contributed by atoms with Crippen LogP contribution in [0.1, 0.15) is 162 Å². The molecule has 0 spiro atoms. The van der Waals surface area contributed by atoms with E-state index in [2.05, 4.69) is 13.8 Å². The van der Waals surface area contributed by atoms with Gasteiger partial charge in [0.15, 0.2) is 0 Å². The number of esters is 2. The second kappa shape index (κ2) is 35.1. The normalized spacial score (nSPS) is 14.1. The molecular weight excluding hydrogens is 592 g/mol. The summed E-state index contributed by atoms with van der Waals surface area (Å²) in [5, 5.41) is 29.9. The van der Waals surface area contributed by atoms with Gasteiger partial charge in [-0.3, -0.25) is 9.59 Å². The predicted octanol–water partition coefficient (Wildman–Crippen LogP) is 9.39. The van der Waals surface area contributed by atoms with Crippen molar-refractivity contribution >= 4 is 11.9 Å². The van der Waals surface area contributed by atoms with E-state index in [9.17, 15) is 24.9 Å². The van der Waals surface area contributed by atoms with E-state index in [-0.39, 0.29) is 31.7 Å². The Balaban J connectivity index is 3.70. The molecule has 0 bridgehead atoms. The van der Waals surface area contributed by atoms with Crippen molar-refractivity contribution in [1.82, 2.24) is 0 Å². The fourth-order valence-electron chi connectivity index (χ4n) is 5.06. The van der Waals surface area contributed by atoms with Crippen molar-refractivity contribution in [1.29, 1.82) is 0 Å². The van der Waals surface area contributed by atoms with E-state index in [1.165, 1.54) is 70.6 Å². The minimum Gasteiger partial charge on any atom is -0.463 e. The highest BCUT2D eigenvalue weighted by Gasteiger charge is 2.12. The van der Waals surface area contributed by atoms with Crippen LogP contribution in [-0.4, -0.2) is 58.8 Å². The summed E-state index contributed by atoms with van der Waals surface area (Å²) >= 11 is 0. The van der Waals surface area contributed by atoms with Crippen LogP contribution < -0.4 is 0 Å². The summed E-state index contributed by atoms with van der Waals surface area (Å²) in [7, 11) is 0.